The predicted octanol–water partition coefficient (Wildman–Crippen LogP) is 5.28. The molecule has 0 radical (unpaired) electrons. The topological polar surface area (TPSA) is 34.0 Å². The minimum Gasteiger partial charge on any atom is -0.345 e. The number of piperidine rings is 1. The van der Waals surface area contributed by atoms with E-state index in [0.29, 0.717) is 27.9 Å². The Hall–Kier alpha value is -2.24. The van der Waals surface area contributed by atoms with Gasteiger partial charge in [0, 0.05) is 23.5 Å². The van der Waals surface area contributed by atoms with Crippen molar-refractivity contribution in [2.75, 3.05) is 20.1 Å². The van der Waals surface area contributed by atoms with Crippen molar-refractivity contribution in [1.82, 2.24) is 19.4 Å². The van der Waals surface area contributed by atoms with Gasteiger partial charge in [-0.15, -0.1) is 0 Å². The zero-order valence-corrected chi connectivity index (χ0v) is 17.2. The minimum atomic E-state index is -0.333. The molecule has 1 fully saturated rings. The summed E-state index contributed by atoms with van der Waals surface area (Å²) < 4.78 is 16.0. The molecule has 2 aromatic heterocycles. The molecule has 0 aliphatic carbocycles. The third-order valence-electron chi connectivity index (χ3n) is 5.61. The number of fused-ring (bicyclic) bond motifs is 1. The normalized spacial score (nSPS) is 16.5. The Morgan fingerprint density at radius 2 is 1.82 bits per heavy atom. The van der Waals surface area contributed by atoms with Crippen LogP contribution >= 0.6 is 11.6 Å². The number of benzene rings is 1. The van der Waals surface area contributed by atoms with Crippen molar-refractivity contribution in [3.63, 3.8) is 0 Å². The Kier molecular flexibility index (Phi) is 5.21. The maximum atomic E-state index is 13.5. The van der Waals surface area contributed by atoms with E-state index in [0.717, 1.165) is 18.7 Å². The Balaban J connectivity index is 1.64. The Labute approximate surface area is 169 Å². The molecular weight excluding hydrogens is 375 g/mol. The van der Waals surface area contributed by atoms with Gasteiger partial charge < -0.3 is 9.47 Å². The highest BCUT2D eigenvalue weighted by atomic mass is 35.5. The fourth-order valence-electron chi connectivity index (χ4n) is 4.08. The lowest BCUT2D eigenvalue weighted by atomic mass is 10.0. The second-order valence-electron chi connectivity index (χ2n) is 7.60. The number of hydrogen-bond donors (Lipinski definition) is 0. The maximum Gasteiger partial charge on any atom is 0.155 e. The van der Waals surface area contributed by atoms with Crippen LogP contribution < -0.4 is 0 Å². The number of hydrogen-bond acceptors (Lipinski definition) is 3. The van der Waals surface area contributed by atoms with E-state index in [4.69, 9.17) is 11.6 Å². The fraction of sp³-hybridized carbons (Fsp3) is 0.364. The molecule has 1 saturated heterocycles. The average Bonchev–Trinajstić information content (AvgIpc) is 2.95. The van der Waals surface area contributed by atoms with Crippen LogP contribution in [-0.2, 0) is 0 Å². The second-order valence-corrected chi connectivity index (χ2v) is 7.95. The van der Waals surface area contributed by atoms with Crippen LogP contribution in [0.4, 0.5) is 4.39 Å². The van der Waals surface area contributed by atoms with E-state index in [9.17, 15) is 4.39 Å². The van der Waals surface area contributed by atoms with Crippen LogP contribution in [-0.4, -0.2) is 39.6 Å². The summed E-state index contributed by atoms with van der Waals surface area (Å²) >= 11 is 6.29. The van der Waals surface area contributed by atoms with Gasteiger partial charge in [0.15, 0.2) is 5.15 Å². The predicted molar refractivity (Wildman–Crippen MR) is 113 cm³/mol. The average molecular weight is 399 g/mol. The van der Waals surface area contributed by atoms with Gasteiger partial charge in [0.1, 0.15) is 11.5 Å². The molecule has 0 N–H and O–H groups in total. The summed E-state index contributed by atoms with van der Waals surface area (Å²) in [5.41, 5.74) is 5.30. The highest BCUT2D eigenvalue weighted by molar-refractivity contribution is 6.31. The summed E-state index contributed by atoms with van der Waals surface area (Å²) in [7, 11) is 2.18. The van der Waals surface area contributed by atoms with Crippen molar-refractivity contribution in [2.45, 2.75) is 32.7 Å². The molecular formula is C22H24ClFN4. The largest absolute Gasteiger partial charge is 0.345 e. The van der Waals surface area contributed by atoms with Gasteiger partial charge >= 0.3 is 0 Å². The van der Waals surface area contributed by atoms with E-state index < -0.39 is 0 Å². The molecule has 3 heterocycles. The summed E-state index contributed by atoms with van der Waals surface area (Å²) in [4.78, 5) is 11.2. The van der Waals surface area contributed by atoms with Crippen LogP contribution in [0.25, 0.3) is 23.2 Å². The molecule has 1 aliphatic heterocycles. The summed E-state index contributed by atoms with van der Waals surface area (Å²) in [5, 5.41) is 0.319. The fourth-order valence-corrected chi connectivity index (χ4v) is 4.28. The molecule has 0 bridgehead atoms. The highest BCUT2D eigenvalue weighted by Gasteiger charge is 2.21. The number of rotatable bonds is 3. The van der Waals surface area contributed by atoms with Crippen molar-refractivity contribution < 1.29 is 4.39 Å². The van der Waals surface area contributed by atoms with Crippen LogP contribution in [0.5, 0.6) is 0 Å². The quantitative estimate of drug-likeness (QED) is 0.602. The van der Waals surface area contributed by atoms with Crippen molar-refractivity contribution in [3.8, 4) is 0 Å². The summed E-state index contributed by atoms with van der Waals surface area (Å²) in [6.07, 6.45) is 6.22. The third-order valence-corrected chi connectivity index (χ3v) is 5.88. The number of likely N-dealkylation sites (tertiary alicyclic amines) is 1. The first-order valence-electron chi connectivity index (χ1n) is 9.60. The molecule has 146 valence electrons. The van der Waals surface area contributed by atoms with E-state index in [1.807, 2.05) is 12.2 Å². The smallest absolute Gasteiger partial charge is 0.155 e. The summed E-state index contributed by atoms with van der Waals surface area (Å²) in [6, 6.07) is 7.08. The standard InChI is InChI=1S/C22H24ClFN4/c1-14-12-16(15(2)28(14)18-8-10-27(3)11-9-18)4-6-20-22(23)26-19-7-5-17(24)13-21(19)25-20/h4-7,12-13,18H,8-11H2,1-3H3. The summed E-state index contributed by atoms with van der Waals surface area (Å²) in [5.74, 6) is -0.333. The van der Waals surface area contributed by atoms with Gasteiger partial charge in [-0.3, -0.25) is 0 Å². The van der Waals surface area contributed by atoms with Crippen LogP contribution in [0.2, 0.25) is 5.15 Å². The zero-order valence-electron chi connectivity index (χ0n) is 16.4. The molecule has 1 aliphatic rings. The number of aromatic nitrogens is 3. The van der Waals surface area contributed by atoms with Gasteiger partial charge in [-0.2, -0.15) is 0 Å². The van der Waals surface area contributed by atoms with Gasteiger partial charge in [-0.25, -0.2) is 14.4 Å². The molecule has 0 atom stereocenters. The molecule has 28 heavy (non-hydrogen) atoms. The van der Waals surface area contributed by atoms with Gasteiger partial charge in [-0.05, 0) is 76.7 Å². The van der Waals surface area contributed by atoms with Crippen LogP contribution in [0, 0.1) is 19.7 Å². The van der Waals surface area contributed by atoms with Crippen molar-refractivity contribution in [1.29, 1.82) is 0 Å². The van der Waals surface area contributed by atoms with E-state index in [1.165, 1.54) is 36.4 Å². The first-order chi connectivity index (χ1) is 13.4. The summed E-state index contributed by atoms with van der Waals surface area (Å²) in [6.45, 7) is 6.58. The van der Waals surface area contributed by atoms with Crippen molar-refractivity contribution in [2.24, 2.45) is 0 Å². The van der Waals surface area contributed by atoms with Crippen molar-refractivity contribution in [3.05, 3.63) is 57.9 Å². The van der Waals surface area contributed by atoms with Crippen LogP contribution in [0.1, 0.15) is 41.5 Å². The zero-order chi connectivity index (χ0) is 19.8. The lowest BCUT2D eigenvalue weighted by Crippen LogP contribution is -2.32. The monoisotopic (exact) mass is 398 g/mol. The van der Waals surface area contributed by atoms with E-state index in [2.05, 4.69) is 46.4 Å². The molecule has 1 aromatic carbocycles. The van der Waals surface area contributed by atoms with E-state index in [-0.39, 0.29) is 5.82 Å². The highest BCUT2D eigenvalue weighted by Crippen LogP contribution is 2.29. The van der Waals surface area contributed by atoms with Crippen molar-refractivity contribution >= 4 is 34.8 Å². The van der Waals surface area contributed by atoms with E-state index in [1.54, 1.807) is 6.07 Å². The molecule has 0 unspecified atom stereocenters. The second kappa shape index (κ2) is 7.64. The first-order valence-corrected chi connectivity index (χ1v) is 9.98. The van der Waals surface area contributed by atoms with Gasteiger partial charge in [0.25, 0.3) is 0 Å². The van der Waals surface area contributed by atoms with Gasteiger partial charge in [0.05, 0.1) is 11.0 Å². The molecule has 0 amide bonds. The molecule has 0 spiro atoms. The molecule has 4 rings (SSSR count). The Morgan fingerprint density at radius 3 is 2.57 bits per heavy atom. The number of halogens is 2. The maximum absolute atomic E-state index is 13.5. The molecule has 0 saturated carbocycles. The Bertz CT molecular complexity index is 1050. The van der Waals surface area contributed by atoms with Gasteiger partial charge in [-0.1, -0.05) is 17.7 Å². The third kappa shape index (κ3) is 3.69. The SMILES string of the molecule is Cc1cc(C=Cc2nc3cc(F)ccc3nc2Cl)c(C)n1C1CCN(C)CC1. The van der Waals surface area contributed by atoms with E-state index >= 15 is 0 Å². The van der Waals surface area contributed by atoms with Crippen LogP contribution in [0.3, 0.4) is 0 Å². The van der Waals surface area contributed by atoms with Gasteiger partial charge in [0.2, 0.25) is 0 Å². The Morgan fingerprint density at radius 1 is 1.07 bits per heavy atom. The lowest BCUT2D eigenvalue weighted by molar-refractivity contribution is 0.218. The minimum absolute atomic E-state index is 0.319. The first kappa shape index (κ1) is 19.1. The molecule has 4 nitrogen and oxygen atoms in total. The number of aryl methyl sites for hydroxylation is 1. The number of nitrogens with zero attached hydrogens (tertiary/aromatic N) is 4. The molecule has 3 aromatic rings. The lowest BCUT2D eigenvalue weighted by Gasteiger charge is -2.31. The molecule has 6 heteroatoms. The van der Waals surface area contributed by atoms with Crippen LogP contribution in [0.15, 0.2) is 24.3 Å².